The first-order chi connectivity index (χ1) is 13.8. The van der Waals surface area contributed by atoms with Gasteiger partial charge in [-0.3, -0.25) is 4.79 Å². The first-order valence-corrected chi connectivity index (χ1v) is 11.6. The van der Waals surface area contributed by atoms with Crippen LogP contribution in [0.5, 0.6) is 0 Å². The van der Waals surface area contributed by atoms with Crippen molar-refractivity contribution in [3.8, 4) is 0 Å². The van der Waals surface area contributed by atoms with Crippen LogP contribution in [-0.2, 0) is 14.8 Å². The van der Waals surface area contributed by atoms with Crippen LogP contribution < -0.4 is 5.32 Å². The number of piperidine rings is 1. The van der Waals surface area contributed by atoms with Crippen molar-refractivity contribution in [2.75, 3.05) is 19.6 Å². The van der Waals surface area contributed by atoms with Crippen LogP contribution in [0.2, 0.25) is 0 Å². The summed E-state index contributed by atoms with van der Waals surface area (Å²) in [5.74, 6) is 0.130. The number of nitrogens with one attached hydrogen (secondary N) is 1. The molecule has 1 saturated heterocycles. The van der Waals surface area contributed by atoms with Crippen LogP contribution in [0.15, 0.2) is 53.4 Å². The minimum Gasteiger partial charge on any atom is -0.355 e. The molecule has 1 unspecified atom stereocenters. The molecule has 0 aromatic heterocycles. The number of amides is 1. The van der Waals surface area contributed by atoms with E-state index < -0.39 is 10.0 Å². The summed E-state index contributed by atoms with van der Waals surface area (Å²) >= 11 is 0. The van der Waals surface area contributed by atoms with Crippen molar-refractivity contribution in [1.29, 1.82) is 0 Å². The Morgan fingerprint density at radius 2 is 1.72 bits per heavy atom. The van der Waals surface area contributed by atoms with Crippen molar-refractivity contribution in [2.24, 2.45) is 5.92 Å². The second kappa shape index (κ2) is 9.09. The van der Waals surface area contributed by atoms with Gasteiger partial charge in [-0.2, -0.15) is 4.31 Å². The summed E-state index contributed by atoms with van der Waals surface area (Å²) in [6.45, 7) is 7.32. The lowest BCUT2D eigenvalue weighted by atomic mass is 9.96. The SMILES string of the molecule is Cc1ccc(S(=O)(=O)N2CCC(C(=O)NCC(C)c3ccccc3)CC2)cc1C. The molecule has 0 saturated carbocycles. The third kappa shape index (κ3) is 5.06. The minimum atomic E-state index is -3.51. The van der Waals surface area contributed by atoms with Crippen LogP contribution >= 0.6 is 0 Å². The Morgan fingerprint density at radius 1 is 1.07 bits per heavy atom. The Bertz CT molecular complexity index is 949. The molecular formula is C23H30N2O3S. The summed E-state index contributed by atoms with van der Waals surface area (Å²) in [4.78, 5) is 12.9. The van der Waals surface area contributed by atoms with Gasteiger partial charge in [0.2, 0.25) is 15.9 Å². The maximum Gasteiger partial charge on any atom is 0.243 e. The van der Waals surface area contributed by atoms with Gasteiger partial charge in [0.1, 0.15) is 0 Å². The number of hydrogen-bond acceptors (Lipinski definition) is 3. The highest BCUT2D eigenvalue weighted by Crippen LogP contribution is 2.25. The lowest BCUT2D eigenvalue weighted by Crippen LogP contribution is -2.43. The quantitative estimate of drug-likeness (QED) is 0.785. The van der Waals surface area contributed by atoms with Crippen LogP contribution in [0.25, 0.3) is 0 Å². The van der Waals surface area contributed by atoms with E-state index in [1.165, 1.54) is 9.87 Å². The standard InChI is InChI=1S/C23H30N2O3S/c1-17-9-10-22(15-18(17)2)29(27,28)25-13-11-21(12-14-25)23(26)24-16-19(3)20-7-5-4-6-8-20/h4-10,15,19,21H,11-14,16H2,1-3H3,(H,24,26). The summed E-state index contributed by atoms with van der Waals surface area (Å²) in [6, 6.07) is 15.3. The Morgan fingerprint density at radius 3 is 2.34 bits per heavy atom. The largest absolute Gasteiger partial charge is 0.355 e. The molecule has 0 spiro atoms. The summed E-state index contributed by atoms with van der Waals surface area (Å²) in [5, 5.41) is 3.04. The van der Waals surface area contributed by atoms with Gasteiger partial charge in [-0.05, 0) is 61.4 Å². The van der Waals surface area contributed by atoms with Crippen LogP contribution in [0.4, 0.5) is 0 Å². The number of sulfonamides is 1. The molecule has 1 N–H and O–H groups in total. The molecule has 5 nitrogen and oxygen atoms in total. The normalized spacial score (nSPS) is 17.1. The highest BCUT2D eigenvalue weighted by atomic mass is 32.2. The number of aryl methyl sites for hydroxylation is 2. The second-order valence-corrected chi connectivity index (χ2v) is 9.92. The zero-order valence-electron chi connectivity index (χ0n) is 17.4. The molecule has 2 aromatic carbocycles. The molecule has 2 aromatic rings. The number of carbonyl (C=O) groups is 1. The molecule has 29 heavy (non-hydrogen) atoms. The van der Waals surface area contributed by atoms with Gasteiger partial charge in [-0.15, -0.1) is 0 Å². The molecule has 1 heterocycles. The lowest BCUT2D eigenvalue weighted by molar-refractivity contribution is -0.126. The second-order valence-electron chi connectivity index (χ2n) is 7.98. The van der Waals surface area contributed by atoms with Gasteiger partial charge in [0.25, 0.3) is 0 Å². The van der Waals surface area contributed by atoms with Crippen molar-refractivity contribution in [3.63, 3.8) is 0 Å². The third-order valence-corrected chi connectivity index (χ3v) is 7.79. The van der Waals surface area contributed by atoms with Crippen molar-refractivity contribution in [1.82, 2.24) is 9.62 Å². The summed E-state index contributed by atoms with van der Waals surface area (Å²) in [5.41, 5.74) is 3.24. The Hall–Kier alpha value is -2.18. The Labute approximate surface area is 174 Å². The van der Waals surface area contributed by atoms with E-state index in [9.17, 15) is 13.2 Å². The van der Waals surface area contributed by atoms with Gasteiger partial charge in [0, 0.05) is 25.6 Å². The first-order valence-electron chi connectivity index (χ1n) is 10.2. The van der Waals surface area contributed by atoms with E-state index in [1.54, 1.807) is 12.1 Å². The number of carbonyl (C=O) groups excluding carboxylic acids is 1. The van der Waals surface area contributed by atoms with E-state index in [0.29, 0.717) is 37.4 Å². The number of benzene rings is 2. The highest BCUT2D eigenvalue weighted by Gasteiger charge is 2.32. The monoisotopic (exact) mass is 414 g/mol. The predicted molar refractivity (Wildman–Crippen MR) is 115 cm³/mol. The number of hydrogen-bond donors (Lipinski definition) is 1. The topological polar surface area (TPSA) is 66.5 Å². The average Bonchev–Trinajstić information content (AvgIpc) is 2.74. The fourth-order valence-electron chi connectivity index (χ4n) is 3.68. The van der Waals surface area contributed by atoms with E-state index in [-0.39, 0.29) is 17.7 Å². The highest BCUT2D eigenvalue weighted by molar-refractivity contribution is 7.89. The maximum atomic E-state index is 12.9. The van der Waals surface area contributed by atoms with Crippen molar-refractivity contribution in [3.05, 3.63) is 65.2 Å². The smallest absolute Gasteiger partial charge is 0.243 e. The molecule has 1 aliphatic heterocycles. The van der Waals surface area contributed by atoms with E-state index in [1.807, 2.05) is 38.1 Å². The summed E-state index contributed by atoms with van der Waals surface area (Å²) in [7, 11) is -3.51. The van der Waals surface area contributed by atoms with Gasteiger partial charge in [0.05, 0.1) is 4.90 Å². The molecule has 1 fully saturated rings. The molecule has 0 aliphatic carbocycles. The first kappa shape index (κ1) is 21.5. The molecule has 1 atom stereocenters. The third-order valence-electron chi connectivity index (χ3n) is 5.89. The van der Waals surface area contributed by atoms with Crippen LogP contribution in [-0.4, -0.2) is 38.3 Å². The van der Waals surface area contributed by atoms with Crippen LogP contribution in [0.1, 0.15) is 42.4 Å². The molecule has 0 bridgehead atoms. The van der Waals surface area contributed by atoms with Crippen molar-refractivity contribution < 1.29 is 13.2 Å². The molecule has 6 heteroatoms. The fraction of sp³-hybridized carbons (Fsp3) is 0.435. The zero-order valence-corrected chi connectivity index (χ0v) is 18.2. The Kier molecular flexibility index (Phi) is 6.75. The van der Waals surface area contributed by atoms with Gasteiger partial charge in [0.15, 0.2) is 0 Å². The van der Waals surface area contributed by atoms with Gasteiger partial charge < -0.3 is 5.32 Å². The van der Waals surface area contributed by atoms with Gasteiger partial charge in [-0.25, -0.2) is 8.42 Å². The zero-order chi connectivity index (χ0) is 21.0. The summed E-state index contributed by atoms with van der Waals surface area (Å²) in [6.07, 6.45) is 1.10. The van der Waals surface area contributed by atoms with E-state index in [2.05, 4.69) is 24.4 Å². The average molecular weight is 415 g/mol. The van der Waals surface area contributed by atoms with Crippen molar-refractivity contribution in [2.45, 2.75) is 44.4 Å². The Balaban J connectivity index is 1.54. The molecule has 3 rings (SSSR count). The van der Waals surface area contributed by atoms with E-state index >= 15 is 0 Å². The van der Waals surface area contributed by atoms with Gasteiger partial charge in [-0.1, -0.05) is 43.3 Å². The molecule has 156 valence electrons. The van der Waals surface area contributed by atoms with Crippen molar-refractivity contribution >= 4 is 15.9 Å². The fourth-order valence-corrected chi connectivity index (χ4v) is 5.23. The van der Waals surface area contributed by atoms with Crippen LogP contribution in [0, 0.1) is 19.8 Å². The molecule has 0 radical (unpaired) electrons. The van der Waals surface area contributed by atoms with E-state index in [0.717, 1.165) is 11.1 Å². The summed E-state index contributed by atoms with van der Waals surface area (Å²) < 4.78 is 27.4. The van der Waals surface area contributed by atoms with E-state index in [4.69, 9.17) is 0 Å². The van der Waals surface area contributed by atoms with Gasteiger partial charge >= 0.3 is 0 Å². The number of nitrogens with zero attached hydrogens (tertiary/aromatic N) is 1. The molecule has 1 aliphatic rings. The number of rotatable bonds is 6. The van der Waals surface area contributed by atoms with Crippen LogP contribution in [0.3, 0.4) is 0 Å². The minimum absolute atomic E-state index is 0.0241. The molecule has 1 amide bonds. The predicted octanol–water partition coefficient (Wildman–Crippen LogP) is 3.62. The lowest BCUT2D eigenvalue weighted by Gasteiger charge is -2.31. The molecular weight excluding hydrogens is 384 g/mol. The maximum absolute atomic E-state index is 12.9.